The van der Waals surface area contributed by atoms with Crippen molar-refractivity contribution < 1.29 is 19.0 Å². The molecule has 0 bridgehead atoms. The van der Waals surface area contributed by atoms with E-state index in [1.54, 1.807) is 26.3 Å². The standard InChI is InChI=1S/C10H15NO4/c1-3-14-10(12)9-6-8(7-11-9)15-5-4-13-2/h6-7,11H,3-5H2,1-2H3. The van der Waals surface area contributed by atoms with E-state index in [0.717, 1.165) is 0 Å². The molecule has 0 saturated carbocycles. The molecule has 1 heterocycles. The number of esters is 1. The zero-order chi connectivity index (χ0) is 11.1. The van der Waals surface area contributed by atoms with Gasteiger partial charge in [-0.25, -0.2) is 4.79 Å². The van der Waals surface area contributed by atoms with Gasteiger partial charge in [0.2, 0.25) is 0 Å². The van der Waals surface area contributed by atoms with Crippen LogP contribution in [0.4, 0.5) is 0 Å². The van der Waals surface area contributed by atoms with Crippen LogP contribution in [-0.4, -0.2) is 37.9 Å². The van der Waals surface area contributed by atoms with Gasteiger partial charge in [-0.05, 0) is 6.92 Å². The highest BCUT2D eigenvalue weighted by Crippen LogP contribution is 2.12. The Kier molecular flexibility index (Phi) is 4.70. The van der Waals surface area contributed by atoms with Crippen molar-refractivity contribution in [1.82, 2.24) is 4.98 Å². The van der Waals surface area contributed by atoms with Crippen molar-refractivity contribution in [3.05, 3.63) is 18.0 Å². The number of nitrogens with one attached hydrogen (secondary N) is 1. The Bertz CT molecular complexity index is 308. The molecule has 0 fully saturated rings. The lowest BCUT2D eigenvalue weighted by Gasteiger charge is -2.01. The Balaban J connectivity index is 2.45. The summed E-state index contributed by atoms with van der Waals surface area (Å²) in [5.74, 6) is 0.231. The molecule has 0 unspecified atom stereocenters. The van der Waals surface area contributed by atoms with Crippen LogP contribution in [0.15, 0.2) is 12.3 Å². The first-order chi connectivity index (χ1) is 7.27. The van der Waals surface area contributed by atoms with E-state index < -0.39 is 0 Å². The number of aromatic amines is 1. The van der Waals surface area contributed by atoms with E-state index in [2.05, 4.69) is 4.98 Å². The molecule has 1 aromatic heterocycles. The van der Waals surface area contributed by atoms with Crippen molar-refractivity contribution in [2.75, 3.05) is 26.9 Å². The maximum absolute atomic E-state index is 11.3. The summed E-state index contributed by atoms with van der Waals surface area (Å²) in [5.41, 5.74) is 0.393. The predicted molar refractivity (Wildman–Crippen MR) is 54.1 cm³/mol. The van der Waals surface area contributed by atoms with Gasteiger partial charge in [-0.1, -0.05) is 0 Å². The van der Waals surface area contributed by atoms with Crippen LogP contribution in [0.3, 0.4) is 0 Å². The fourth-order valence-electron chi connectivity index (χ4n) is 1.03. The van der Waals surface area contributed by atoms with E-state index in [4.69, 9.17) is 14.2 Å². The fraction of sp³-hybridized carbons (Fsp3) is 0.500. The van der Waals surface area contributed by atoms with Crippen LogP contribution in [0.1, 0.15) is 17.4 Å². The second-order valence-electron chi connectivity index (χ2n) is 2.81. The lowest BCUT2D eigenvalue weighted by molar-refractivity contribution is 0.0520. The number of carbonyl (C=O) groups is 1. The average Bonchev–Trinajstić information content (AvgIpc) is 2.67. The van der Waals surface area contributed by atoms with Gasteiger partial charge in [0.15, 0.2) is 0 Å². The molecule has 1 N–H and O–H groups in total. The van der Waals surface area contributed by atoms with Crippen LogP contribution < -0.4 is 4.74 Å². The van der Waals surface area contributed by atoms with E-state index in [-0.39, 0.29) is 5.97 Å². The summed E-state index contributed by atoms with van der Waals surface area (Å²) in [5, 5.41) is 0. The molecule has 1 aromatic rings. The second-order valence-corrected chi connectivity index (χ2v) is 2.81. The minimum Gasteiger partial charge on any atom is -0.490 e. The zero-order valence-electron chi connectivity index (χ0n) is 8.91. The molecule has 0 aliphatic carbocycles. The van der Waals surface area contributed by atoms with Gasteiger partial charge in [0.25, 0.3) is 0 Å². The number of rotatable bonds is 6. The number of aromatic nitrogens is 1. The molecule has 0 saturated heterocycles. The van der Waals surface area contributed by atoms with Crippen molar-refractivity contribution in [3.63, 3.8) is 0 Å². The number of hydrogen-bond donors (Lipinski definition) is 1. The zero-order valence-corrected chi connectivity index (χ0v) is 8.91. The lowest BCUT2D eigenvalue weighted by Crippen LogP contribution is -2.05. The lowest BCUT2D eigenvalue weighted by atomic mass is 10.4. The monoisotopic (exact) mass is 213 g/mol. The molecule has 5 heteroatoms. The molecule has 0 aromatic carbocycles. The summed E-state index contributed by atoms with van der Waals surface area (Å²) in [6.07, 6.45) is 1.61. The maximum Gasteiger partial charge on any atom is 0.354 e. The molecule has 0 spiro atoms. The molecule has 0 atom stereocenters. The molecule has 5 nitrogen and oxygen atoms in total. The van der Waals surface area contributed by atoms with Gasteiger partial charge >= 0.3 is 5.97 Å². The second kappa shape index (κ2) is 6.08. The van der Waals surface area contributed by atoms with Gasteiger partial charge < -0.3 is 19.2 Å². The summed E-state index contributed by atoms with van der Waals surface area (Å²) in [6.45, 7) is 3.09. The van der Waals surface area contributed by atoms with E-state index >= 15 is 0 Å². The van der Waals surface area contributed by atoms with E-state index in [0.29, 0.717) is 31.3 Å². The van der Waals surface area contributed by atoms with Gasteiger partial charge in [0, 0.05) is 19.4 Å². The molecular formula is C10H15NO4. The van der Waals surface area contributed by atoms with Gasteiger partial charge in [0.1, 0.15) is 18.1 Å². The Morgan fingerprint density at radius 3 is 2.93 bits per heavy atom. The van der Waals surface area contributed by atoms with Crippen LogP contribution >= 0.6 is 0 Å². The first-order valence-electron chi connectivity index (χ1n) is 4.75. The fourth-order valence-corrected chi connectivity index (χ4v) is 1.03. The summed E-state index contributed by atoms with van der Waals surface area (Å²) >= 11 is 0. The van der Waals surface area contributed by atoms with Crippen LogP contribution in [0.2, 0.25) is 0 Å². The summed E-state index contributed by atoms with van der Waals surface area (Å²) in [7, 11) is 1.60. The first-order valence-corrected chi connectivity index (χ1v) is 4.75. The minimum atomic E-state index is -0.376. The highest BCUT2D eigenvalue weighted by molar-refractivity contribution is 5.87. The Morgan fingerprint density at radius 2 is 2.27 bits per heavy atom. The highest BCUT2D eigenvalue weighted by Gasteiger charge is 2.09. The van der Waals surface area contributed by atoms with Crippen LogP contribution in [0.5, 0.6) is 5.75 Å². The van der Waals surface area contributed by atoms with E-state index in [9.17, 15) is 4.79 Å². The van der Waals surface area contributed by atoms with Crippen LogP contribution in [0.25, 0.3) is 0 Å². The van der Waals surface area contributed by atoms with Crippen molar-refractivity contribution in [2.45, 2.75) is 6.92 Å². The number of methoxy groups -OCH3 is 1. The predicted octanol–water partition coefficient (Wildman–Crippen LogP) is 1.22. The van der Waals surface area contributed by atoms with Gasteiger partial charge in [-0.3, -0.25) is 0 Å². The average molecular weight is 213 g/mol. The van der Waals surface area contributed by atoms with E-state index in [1.807, 2.05) is 0 Å². The quantitative estimate of drug-likeness (QED) is 0.570. The Labute approximate surface area is 88.3 Å². The molecule has 84 valence electrons. The smallest absolute Gasteiger partial charge is 0.354 e. The van der Waals surface area contributed by atoms with Gasteiger partial charge in [-0.15, -0.1) is 0 Å². The third kappa shape index (κ3) is 3.63. The number of hydrogen-bond acceptors (Lipinski definition) is 4. The van der Waals surface area contributed by atoms with Gasteiger partial charge in [-0.2, -0.15) is 0 Å². The van der Waals surface area contributed by atoms with Crippen molar-refractivity contribution in [2.24, 2.45) is 0 Å². The van der Waals surface area contributed by atoms with Crippen LogP contribution in [-0.2, 0) is 9.47 Å². The topological polar surface area (TPSA) is 60.6 Å². The molecule has 0 aliphatic heterocycles. The SMILES string of the molecule is CCOC(=O)c1cc(OCCOC)c[nH]1. The Morgan fingerprint density at radius 1 is 1.47 bits per heavy atom. The van der Waals surface area contributed by atoms with Crippen molar-refractivity contribution in [3.8, 4) is 5.75 Å². The molecule has 15 heavy (non-hydrogen) atoms. The molecule has 1 rings (SSSR count). The third-order valence-electron chi connectivity index (χ3n) is 1.71. The summed E-state index contributed by atoms with van der Waals surface area (Å²) in [6, 6.07) is 1.60. The number of H-pyrrole nitrogens is 1. The molecule has 0 amide bonds. The first kappa shape index (κ1) is 11.6. The normalized spacial score (nSPS) is 10.0. The van der Waals surface area contributed by atoms with Crippen LogP contribution in [0, 0.1) is 0 Å². The summed E-state index contributed by atoms with van der Waals surface area (Å²) in [4.78, 5) is 14.0. The van der Waals surface area contributed by atoms with Gasteiger partial charge in [0.05, 0.1) is 13.2 Å². The summed E-state index contributed by atoms with van der Waals surface area (Å²) < 4.78 is 14.9. The van der Waals surface area contributed by atoms with Crippen molar-refractivity contribution in [1.29, 1.82) is 0 Å². The highest BCUT2D eigenvalue weighted by atomic mass is 16.5. The molecule has 0 radical (unpaired) electrons. The largest absolute Gasteiger partial charge is 0.490 e. The molecule has 0 aliphatic rings. The van der Waals surface area contributed by atoms with Crippen molar-refractivity contribution >= 4 is 5.97 Å². The Hall–Kier alpha value is -1.49. The molecular weight excluding hydrogens is 198 g/mol. The number of ether oxygens (including phenoxy) is 3. The third-order valence-corrected chi connectivity index (χ3v) is 1.71. The maximum atomic E-state index is 11.3. The minimum absolute atomic E-state index is 0.359. The number of carbonyl (C=O) groups excluding carboxylic acids is 1. The van der Waals surface area contributed by atoms with E-state index in [1.165, 1.54) is 0 Å².